The monoisotopic (exact) mass is 971 g/mol. The summed E-state index contributed by atoms with van der Waals surface area (Å²) in [5, 5.41) is 0. The summed E-state index contributed by atoms with van der Waals surface area (Å²) in [4.78, 5) is 62.6. The maximum atomic E-state index is 15.7. The number of rotatable bonds is 13. The van der Waals surface area contributed by atoms with Gasteiger partial charge < -0.3 is 19.1 Å². The summed E-state index contributed by atoms with van der Waals surface area (Å²) >= 11 is 0. The van der Waals surface area contributed by atoms with Crippen molar-refractivity contribution in [3.63, 3.8) is 0 Å². The normalized spacial score (nSPS) is 38.2. The molecule has 0 radical (unpaired) electrons. The van der Waals surface area contributed by atoms with Crippen LogP contribution in [0.3, 0.4) is 0 Å². The van der Waals surface area contributed by atoms with Gasteiger partial charge in [0.25, 0.3) is 0 Å². The Kier molecular flexibility index (Phi) is 13.4. The predicted molar refractivity (Wildman–Crippen MR) is 276 cm³/mol. The molecule has 2 unspecified atom stereocenters. The van der Waals surface area contributed by atoms with E-state index < -0.39 is 10.8 Å². The lowest BCUT2D eigenvalue weighted by Crippen LogP contribution is -2.66. The van der Waals surface area contributed by atoms with Crippen LogP contribution in [0.1, 0.15) is 163 Å². The van der Waals surface area contributed by atoms with E-state index in [0.29, 0.717) is 43.9 Å². The molecule has 6 aliphatic carbocycles. The van der Waals surface area contributed by atoms with Crippen molar-refractivity contribution in [2.24, 2.45) is 68.0 Å². The van der Waals surface area contributed by atoms with E-state index in [4.69, 9.17) is 14.2 Å². The number of fused-ring (bicyclic) bond motifs is 7. The van der Waals surface area contributed by atoms with E-state index >= 15 is 4.79 Å². The number of carbonyl (C=O) groups excluding carboxylic acids is 4. The smallest absolute Gasteiger partial charge is 0.309 e. The number of ketones is 1. The number of benzene rings is 2. The number of likely N-dealkylation sites (tertiary alicyclic amines) is 2. The van der Waals surface area contributed by atoms with Gasteiger partial charge in [0, 0.05) is 37.0 Å². The molecule has 0 N–H and O–H groups in total. The topological polar surface area (TPSA) is 102 Å². The van der Waals surface area contributed by atoms with Crippen LogP contribution < -0.4 is 0 Å². The lowest BCUT2D eigenvalue weighted by atomic mass is 9.33. The Morgan fingerprint density at radius 3 is 2.03 bits per heavy atom. The summed E-state index contributed by atoms with van der Waals surface area (Å²) in [5.41, 5.74) is 2.92. The third kappa shape index (κ3) is 8.30. The first-order chi connectivity index (χ1) is 33.8. The Morgan fingerprint density at radius 1 is 0.676 bits per heavy atom. The molecule has 0 aromatic heterocycles. The molecule has 2 saturated heterocycles. The van der Waals surface area contributed by atoms with Crippen LogP contribution in [0.15, 0.2) is 71.8 Å². The molecule has 71 heavy (non-hydrogen) atoms. The average molecular weight is 971 g/mol. The largest absolute Gasteiger partial charge is 0.462 e. The first kappa shape index (κ1) is 50.7. The van der Waals surface area contributed by atoms with Gasteiger partial charge in [-0.2, -0.15) is 0 Å². The van der Waals surface area contributed by atoms with E-state index in [1.807, 2.05) is 50.2 Å². The zero-order valence-electron chi connectivity index (χ0n) is 44.9. The average Bonchev–Trinajstić information content (AvgIpc) is 4.07. The number of nitrogens with zero attached hydrogens (tertiary/aromatic N) is 2. The second-order valence-electron chi connectivity index (χ2n) is 26.4. The Morgan fingerprint density at radius 2 is 1.34 bits per heavy atom. The number of hydrogen-bond acceptors (Lipinski definition) is 8. The lowest BCUT2D eigenvalue weighted by molar-refractivity contribution is -0.236. The van der Waals surface area contributed by atoms with Crippen LogP contribution in [0.25, 0.3) is 0 Å². The molecule has 12 atom stereocenters. The van der Waals surface area contributed by atoms with Crippen molar-refractivity contribution in [2.45, 2.75) is 184 Å². The summed E-state index contributed by atoms with van der Waals surface area (Å²) < 4.78 is 18.7. The molecule has 0 spiro atoms. The van der Waals surface area contributed by atoms with Crippen LogP contribution in [0, 0.1) is 68.0 Å². The first-order valence-electron chi connectivity index (χ1n) is 28.1. The fourth-order valence-corrected chi connectivity index (χ4v) is 17.9. The van der Waals surface area contributed by atoms with Crippen molar-refractivity contribution >= 4 is 23.6 Å². The highest BCUT2D eigenvalue weighted by atomic mass is 16.5. The van der Waals surface area contributed by atoms with Crippen molar-refractivity contribution in [1.82, 2.24) is 9.80 Å². The Bertz CT molecular complexity index is 2380. The SMILES string of the molecule is CC(C)C1=C2[C@H]3CCC4[C@@]5(C)CC[C@H](OC(=O)[C@H]6C[C@@H](C(=O)OCc7ccccc7)C6(C)C)C(C)(C)C5CC[C@@]4(C)[C@]3(C)CC[C@@]2(C(=O)N2CCC[C@H]2CN2CCC[C@H]2COCc2ccccc2)CC1=O. The number of esters is 2. The molecule has 386 valence electrons. The zero-order valence-corrected chi connectivity index (χ0v) is 44.9. The second kappa shape index (κ2) is 18.8. The highest BCUT2D eigenvalue weighted by molar-refractivity contribution is 6.07. The molecule has 5 saturated carbocycles. The van der Waals surface area contributed by atoms with E-state index in [-0.39, 0.29) is 87.7 Å². The quantitative estimate of drug-likeness (QED) is 0.183. The molecule has 1 amide bonds. The maximum absolute atomic E-state index is 15.7. The minimum Gasteiger partial charge on any atom is -0.462 e. The van der Waals surface area contributed by atoms with Crippen molar-refractivity contribution in [3.8, 4) is 0 Å². The van der Waals surface area contributed by atoms with Crippen LogP contribution >= 0.6 is 0 Å². The third-order valence-electron chi connectivity index (χ3n) is 22.1. The van der Waals surface area contributed by atoms with Gasteiger partial charge in [-0.25, -0.2) is 0 Å². The van der Waals surface area contributed by atoms with Crippen LogP contribution in [0.5, 0.6) is 0 Å². The number of Topliss-reactive ketones (excluding diaryl/α,β-unsaturated/α-hetero) is 1. The summed E-state index contributed by atoms with van der Waals surface area (Å²) in [6, 6.07) is 20.7. The van der Waals surface area contributed by atoms with Gasteiger partial charge in [-0.05, 0) is 158 Å². The number of amides is 1. The minimum absolute atomic E-state index is 0.0281. The van der Waals surface area contributed by atoms with Gasteiger partial charge in [0.05, 0.1) is 30.5 Å². The minimum atomic E-state index is -0.738. The van der Waals surface area contributed by atoms with Gasteiger partial charge in [-0.15, -0.1) is 0 Å². The molecule has 2 heterocycles. The molecule has 2 aliphatic heterocycles. The van der Waals surface area contributed by atoms with Crippen molar-refractivity contribution < 1.29 is 33.4 Å². The fraction of sp³-hybridized carbons (Fsp3) is 0.710. The number of carbonyl (C=O) groups is 4. The molecule has 0 bridgehead atoms. The maximum Gasteiger partial charge on any atom is 0.309 e. The van der Waals surface area contributed by atoms with Crippen LogP contribution in [-0.2, 0) is 46.6 Å². The molecular formula is C62H86N2O7. The molecule has 2 aromatic rings. The molecule has 7 fully saturated rings. The summed E-state index contributed by atoms with van der Waals surface area (Å²) in [5.74, 6) is 0.540. The molecule has 2 aromatic carbocycles. The van der Waals surface area contributed by atoms with Crippen LogP contribution in [0.4, 0.5) is 0 Å². The Hall–Kier alpha value is -3.82. The van der Waals surface area contributed by atoms with E-state index in [2.05, 4.69) is 82.5 Å². The van der Waals surface area contributed by atoms with E-state index in [0.717, 1.165) is 108 Å². The van der Waals surface area contributed by atoms with Gasteiger partial charge in [0.2, 0.25) is 5.91 Å². The molecule has 9 heteroatoms. The number of hydrogen-bond donors (Lipinski definition) is 0. The van der Waals surface area contributed by atoms with E-state index in [9.17, 15) is 14.4 Å². The fourth-order valence-electron chi connectivity index (χ4n) is 17.9. The van der Waals surface area contributed by atoms with E-state index in [1.165, 1.54) is 11.1 Å². The van der Waals surface area contributed by atoms with Crippen LogP contribution in [-0.4, -0.2) is 77.9 Å². The highest BCUT2D eigenvalue weighted by Gasteiger charge is 2.72. The molecule has 10 rings (SSSR count). The summed E-state index contributed by atoms with van der Waals surface area (Å²) in [7, 11) is 0. The third-order valence-corrected chi connectivity index (χ3v) is 22.1. The van der Waals surface area contributed by atoms with Crippen molar-refractivity contribution in [3.05, 3.63) is 82.9 Å². The van der Waals surface area contributed by atoms with E-state index in [1.54, 1.807) is 0 Å². The molecule has 9 nitrogen and oxygen atoms in total. The van der Waals surface area contributed by atoms with Gasteiger partial charge in [-0.3, -0.25) is 24.1 Å². The molecular weight excluding hydrogens is 885 g/mol. The van der Waals surface area contributed by atoms with Gasteiger partial charge in [0.15, 0.2) is 5.78 Å². The number of allylic oxidation sites excluding steroid dienone is 1. The van der Waals surface area contributed by atoms with Crippen molar-refractivity contribution in [2.75, 3.05) is 26.2 Å². The Balaban J connectivity index is 0.829. The highest BCUT2D eigenvalue weighted by Crippen LogP contribution is 2.77. The first-order valence-corrected chi connectivity index (χ1v) is 28.1. The zero-order chi connectivity index (χ0) is 50.3. The van der Waals surface area contributed by atoms with Gasteiger partial charge >= 0.3 is 11.9 Å². The summed E-state index contributed by atoms with van der Waals surface area (Å²) in [6.45, 7) is 25.2. The molecule has 8 aliphatic rings. The van der Waals surface area contributed by atoms with Gasteiger partial charge in [-0.1, -0.05) is 123 Å². The second-order valence-corrected chi connectivity index (χ2v) is 26.4. The predicted octanol–water partition coefficient (Wildman–Crippen LogP) is 12.0. The summed E-state index contributed by atoms with van der Waals surface area (Å²) in [6.07, 6.45) is 12.8. The van der Waals surface area contributed by atoms with Crippen LogP contribution in [0.2, 0.25) is 0 Å². The Labute approximate surface area is 426 Å². The van der Waals surface area contributed by atoms with Gasteiger partial charge in [0.1, 0.15) is 12.7 Å². The number of ether oxygens (including phenoxy) is 3. The standard InChI is InChI=1S/C62H86N2O7/c1-40(2)52-48(65)35-62(56(68)64-33-17-22-43(64)36-63-32-16-23-44(63)39-69-37-41-18-12-10-13-19-41)31-30-60(8)45(53(52)62)24-25-50-59(7)28-27-51(58(5,6)49(59)26-29-61(50,60)9)71-55(67)47-34-46(57(47,3)4)54(66)70-38-42-20-14-11-15-21-42/h10-15,18-21,40,43-47,49-51H,16-17,22-39H2,1-9H3/t43-,44-,45+,46-,47+,49?,50?,51-,59-,60+,61+,62+/m0/s1. The lowest BCUT2D eigenvalue weighted by Gasteiger charge is -2.72. The van der Waals surface area contributed by atoms with Crippen molar-refractivity contribution in [1.29, 1.82) is 0 Å².